The highest BCUT2D eigenvalue weighted by atomic mass is 32.3. The molecule has 1 atom stereocenters. The molecule has 13 heteroatoms. The van der Waals surface area contributed by atoms with Crippen molar-refractivity contribution in [3.8, 4) is 5.75 Å². The number of rotatable bonds is 7. The van der Waals surface area contributed by atoms with E-state index in [0.29, 0.717) is 24.9 Å². The van der Waals surface area contributed by atoms with E-state index in [2.05, 4.69) is 9.50 Å². The molecular formula is C14H19BFN3O7S. The van der Waals surface area contributed by atoms with Gasteiger partial charge in [-0.2, -0.15) is 8.42 Å². The van der Waals surface area contributed by atoms with Crippen LogP contribution in [0.15, 0.2) is 18.2 Å². The van der Waals surface area contributed by atoms with E-state index < -0.39 is 47.7 Å². The molecule has 1 aromatic rings. The number of carbonyl (C=O) groups excluding carboxylic acids is 2. The van der Waals surface area contributed by atoms with E-state index in [9.17, 15) is 31.9 Å². The van der Waals surface area contributed by atoms with Crippen LogP contribution in [0.5, 0.6) is 5.75 Å². The Kier molecular flexibility index (Phi) is 6.76. The Morgan fingerprint density at radius 1 is 1.41 bits per heavy atom. The maximum absolute atomic E-state index is 12.9. The van der Waals surface area contributed by atoms with E-state index in [1.807, 2.05) is 0 Å². The van der Waals surface area contributed by atoms with Gasteiger partial charge in [-0.15, -0.1) is 0 Å². The highest BCUT2D eigenvalue weighted by molar-refractivity contribution is 7.81. The van der Waals surface area contributed by atoms with Crippen molar-refractivity contribution >= 4 is 29.4 Å². The number of nitrogens with two attached hydrogens (primary N) is 1. The Hall–Kier alpha value is -2.22. The summed E-state index contributed by atoms with van der Waals surface area (Å²) in [5.74, 6) is -2.73. The van der Waals surface area contributed by atoms with Crippen LogP contribution in [-0.2, 0) is 21.8 Å². The molecule has 0 aromatic heterocycles. The van der Waals surface area contributed by atoms with Crippen LogP contribution in [0.25, 0.3) is 0 Å². The van der Waals surface area contributed by atoms with Crippen LogP contribution >= 0.6 is 0 Å². The predicted molar refractivity (Wildman–Crippen MR) is 92.2 cm³/mol. The fraction of sp³-hybridized carbons (Fsp3) is 0.429. The van der Waals surface area contributed by atoms with E-state index in [1.165, 1.54) is 17.0 Å². The van der Waals surface area contributed by atoms with Crippen LogP contribution in [0.2, 0.25) is 0 Å². The van der Waals surface area contributed by atoms with Crippen LogP contribution < -0.4 is 15.2 Å². The summed E-state index contributed by atoms with van der Waals surface area (Å²) in [6.45, 7) is -0.151. The Morgan fingerprint density at radius 3 is 2.70 bits per heavy atom. The van der Waals surface area contributed by atoms with Gasteiger partial charge in [0.1, 0.15) is 0 Å². The van der Waals surface area contributed by atoms with Gasteiger partial charge in [0.15, 0.2) is 5.75 Å². The Bertz CT molecular complexity index is 821. The molecule has 148 valence electrons. The predicted octanol–water partition coefficient (Wildman–Crippen LogP) is -1.53. The fourth-order valence-corrected chi connectivity index (χ4v) is 3.17. The molecule has 1 aromatic carbocycles. The molecule has 0 bridgehead atoms. The summed E-state index contributed by atoms with van der Waals surface area (Å²) in [7, 11) is -7.06. The standard InChI is InChI=1S/C14H19BFN3O7S/c16-27(24,25)26-11-6-9(7-17)3-4-10(11)14(21)18-8-13(20)19-5-1-2-12(19)15(22)23/h3-4,6,12,22-23H,1-2,5,7-8,17H2,(H,18,21)/t12-/m0/s1. The second kappa shape index (κ2) is 8.65. The van der Waals surface area contributed by atoms with Gasteiger partial charge < -0.3 is 30.2 Å². The van der Waals surface area contributed by atoms with Crippen molar-refractivity contribution < 1.29 is 36.1 Å². The topological polar surface area (TPSA) is 159 Å². The number of hydrogen-bond acceptors (Lipinski definition) is 8. The van der Waals surface area contributed by atoms with E-state index in [-0.39, 0.29) is 12.1 Å². The summed E-state index contributed by atoms with van der Waals surface area (Å²) >= 11 is 0. The highest BCUT2D eigenvalue weighted by Gasteiger charge is 2.36. The van der Waals surface area contributed by atoms with Gasteiger partial charge in [0.05, 0.1) is 18.0 Å². The molecule has 5 N–H and O–H groups in total. The van der Waals surface area contributed by atoms with Crippen LogP contribution in [-0.4, -0.2) is 61.3 Å². The number of carbonyl (C=O) groups is 2. The third-order valence-electron chi connectivity index (χ3n) is 4.08. The minimum atomic E-state index is -5.37. The van der Waals surface area contributed by atoms with Crippen molar-refractivity contribution in [2.24, 2.45) is 5.73 Å². The molecule has 1 aliphatic heterocycles. The SMILES string of the molecule is NCc1ccc(C(=O)NCC(=O)N2CCC[C@H]2B(O)O)c(OS(=O)(=O)F)c1. The minimum absolute atomic E-state index is 0.00289. The van der Waals surface area contributed by atoms with Gasteiger partial charge in [-0.1, -0.05) is 9.95 Å². The molecule has 0 saturated carbocycles. The Morgan fingerprint density at radius 2 is 2.11 bits per heavy atom. The number of halogens is 1. The van der Waals surface area contributed by atoms with Gasteiger partial charge in [0, 0.05) is 13.1 Å². The minimum Gasteiger partial charge on any atom is -0.426 e. The molecule has 0 aliphatic carbocycles. The smallest absolute Gasteiger partial charge is 0.426 e. The zero-order chi connectivity index (χ0) is 20.2. The molecule has 27 heavy (non-hydrogen) atoms. The summed E-state index contributed by atoms with van der Waals surface area (Å²) in [4.78, 5) is 25.7. The summed E-state index contributed by atoms with van der Waals surface area (Å²) in [5, 5.41) is 20.8. The lowest BCUT2D eigenvalue weighted by molar-refractivity contribution is -0.130. The lowest BCUT2D eigenvalue weighted by Gasteiger charge is -2.24. The lowest BCUT2D eigenvalue weighted by Crippen LogP contribution is -2.48. The first-order valence-corrected chi connectivity index (χ1v) is 9.34. The van der Waals surface area contributed by atoms with E-state index in [1.54, 1.807) is 0 Å². The van der Waals surface area contributed by atoms with Crippen molar-refractivity contribution in [2.75, 3.05) is 13.1 Å². The Labute approximate surface area is 155 Å². The lowest BCUT2D eigenvalue weighted by atomic mass is 9.78. The molecule has 2 amide bonds. The molecule has 1 aliphatic rings. The largest absolute Gasteiger partial charge is 0.488 e. The normalized spacial score (nSPS) is 16.9. The number of benzene rings is 1. The van der Waals surface area contributed by atoms with E-state index in [4.69, 9.17) is 5.73 Å². The second-order valence-corrected chi connectivity index (χ2v) is 6.86. The second-order valence-electron chi connectivity index (χ2n) is 5.90. The summed E-state index contributed by atoms with van der Waals surface area (Å²) in [5.41, 5.74) is 5.52. The molecule has 2 rings (SSSR count). The number of amides is 2. The third kappa shape index (κ3) is 5.63. The molecule has 0 unspecified atom stereocenters. The first kappa shape index (κ1) is 21.1. The quantitative estimate of drug-likeness (QED) is 0.315. The number of nitrogens with zero attached hydrogens (tertiary/aromatic N) is 1. The van der Waals surface area contributed by atoms with Crippen molar-refractivity contribution in [3.05, 3.63) is 29.3 Å². The van der Waals surface area contributed by atoms with Gasteiger partial charge in [-0.25, -0.2) is 0 Å². The van der Waals surface area contributed by atoms with Crippen LogP contribution in [0.4, 0.5) is 3.89 Å². The zero-order valence-corrected chi connectivity index (χ0v) is 15.0. The molecular weight excluding hydrogens is 384 g/mol. The number of nitrogens with one attached hydrogen (secondary N) is 1. The van der Waals surface area contributed by atoms with Gasteiger partial charge in [0.2, 0.25) is 5.91 Å². The fourth-order valence-electron chi connectivity index (χ4n) is 2.82. The maximum atomic E-state index is 12.9. The first-order chi connectivity index (χ1) is 12.6. The molecule has 0 spiro atoms. The molecule has 0 radical (unpaired) electrons. The molecule has 1 saturated heterocycles. The Balaban J connectivity index is 2.10. The molecule has 10 nitrogen and oxygen atoms in total. The van der Waals surface area contributed by atoms with Gasteiger partial charge in [0.25, 0.3) is 5.91 Å². The molecule has 1 heterocycles. The summed E-state index contributed by atoms with van der Waals surface area (Å²) in [6, 6.07) is 3.72. The third-order valence-corrected chi connectivity index (χ3v) is 4.46. The maximum Gasteiger partial charge on any atom is 0.488 e. The van der Waals surface area contributed by atoms with Crippen molar-refractivity contribution in [2.45, 2.75) is 25.3 Å². The molecule has 1 fully saturated rings. The van der Waals surface area contributed by atoms with Crippen LogP contribution in [0.1, 0.15) is 28.8 Å². The van der Waals surface area contributed by atoms with Crippen LogP contribution in [0, 0.1) is 0 Å². The van der Waals surface area contributed by atoms with Crippen LogP contribution in [0.3, 0.4) is 0 Å². The first-order valence-electron chi connectivity index (χ1n) is 8.03. The van der Waals surface area contributed by atoms with E-state index >= 15 is 0 Å². The summed E-state index contributed by atoms with van der Waals surface area (Å²) in [6.07, 6.45) is 1.01. The van der Waals surface area contributed by atoms with Crippen molar-refractivity contribution in [1.82, 2.24) is 10.2 Å². The van der Waals surface area contributed by atoms with Gasteiger partial charge in [-0.3, -0.25) is 9.59 Å². The average molecular weight is 403 g/mol. The van der Waals surface area contributed by atoms with E-state index in [0.717, 1.165) is 6.07 Å². The van der Waals surface area contributed by atoms with Gasteiger partial charge >= 0.3 is 17.6 Å². The number of likely N-dealkylation sites (tertiary alicyclic amines) is 1. The average Bonchev–Trinajstić information content (AvgIpc) is 3.08. The zero-order valence-electron chi connectivity index (χ0n) is 14.2. The summed E-state index contributed by atoms with van der Waals surface area (Å²) < 4.78 is 38.6. The number of hydrogen-bond donors (Lipinski definition) is 4. The van der Waals surface area contributed by atoms with Gasteiger partial charge in [-0.05, 0) is 30.5 Å². The van der Waals surface area contributed by atoms with Crippen molar-refractivity contribution in [1.29, 1.82) is 0 Å². The highest BCUT2D eigenvalue weighted by Crippen LogP contribution is 2.23. The van der Waals surface area contributed by atoms with Crippen molar-refractivity contribution in [3.63, 3.8) is 0 Å². The monoisotopic (exact) mass is 403 g/mol.